The molecule has 2 heterocycles. The van der Waals surface area contributed by atoms with Gasteiger partial charge in [0.2, 0.25) is 0 Å². The van der Waals surface area contributed by atoms with Crippen molar-refractivity contribution in [2.24, 2.45) is 0 Å². The van der Waals surface area contributed by atoms with Crippen LogP contribution in [0.1, 0.15) is 55.8 Å². The Kier molecular flexibility index (Phi) is 8.44. The van der Waals surface area contributed by atoms with Gasteiger partial charge in [-0.1, -0.05) is 57.2 Å². The molecule has 0 bridgehead atoms. The molecule has 0 saturated carbocycles. The number of hydrogen-bond acceptors (Lipinski definition) is 6. The zero-order valence-electron chi connectivity index (χ0n) is 21.4. The molecule has 0 radical (unpaired) electrons. The van der Waals surface area contributed by atoms with E-state index < -0.39 is 17.7 Å². The number of nitrogens with zero attached hydrogens (tertiary/aromatic N) is 2. The van der Waals surface area contributed by atoms with Crippen LogP contribution in [-0.2, 0) is 14.3 Å². The summed E-state index contributed by atoms with van der Waals surface area (Å²) in [5, 5.41) is 11.4. The predicted molar refractivity (Wildman–Crippen MR) is 139 cm³/mol. The van der Waals surface area contributed by atoms with Crippen LogP contribution in [0.3, 0.4) is 0 Å². The number of ether oxygens (including phenoxy) is 2. The fourth-order valence-corrected chi connectivity index (χ4v) is 4.70. The highest BCUT2D eigenvalue weighted by Gasteiger charge is 2.46. The van der Waals surface area contributed by atoms with Crippen LogP contribution >= 0.6 is 0 Å². The molecule has 2 saturated heterocycles. The summed E-state index contributed by atoms with van der Waals surface area (Å²) in [4.78, 5) is 30.4. The van der Waals surface area contributed by atoms with Crippen LogP contribution in [0.2, 0.25) is 0 Å². The van der Waals surface area contributed by atoms with Gasteiger partial charge in [-0.3, -0.25) is 14.5 Å². The predicted octanol–water partition coefficient (Wildman–Crippen LogP) is 4.35. The molecule has 7 nitrogen and oxygen atoms in total. The van der Waals surface area contributed by atoms with Crippen molar-refractivity contribution >= 4 is 17.4 Å². The first-order chi connectivity index (χ1) is 17.4. The van der Waals surface area contributed by atoms with Crippen molar-refractivity contribution in [3.05, 3.63) is 70.8 Å². The largest absolute Gasteiger partial charge is 0.507 e. The van der Waals surface area contributed by atoms with Gasteiger partial charge >= 0.3 is 0 Å². The van der Waals surface area contributed by atoms with Gasteiger partial charge in [0.1, 0.15) is 11.5 Å². The number of morpholine rings is 1. The van der Waals surface area contributed by atoms with Gasteiger partial charge in [0.15, 0.2) is 0 Å². The summed E-state index contributed by atoms with van der Waals surface area (Å²) in [5.74, 6) is -0.451. The van der Waals surface area contributed by atoms with Crippen molar-refractivity contribution in [2.45, 2.75) is 39.2 Å². The maximum absolute atomic E-state index is 13.3. The maximum atomic E-state index is 13.3. The van der Waals surface area contributed by atoms with Crippen LogP contribution in [0.5, 0.6) is 5.75 Å². The molecule has 1 amide bonds. The number of hydrogen-bond donors (Lipinski definition) is 1. The lowest BCUT2D eigenvalue weighted by atomic mass is 9.93. The molecule has 2 aliphatic heterocycles. The van der Waals surface area contributed by atoms with E-state index in [2.05, 4.69) is 18.7 Å². The molecule has 2 fully saturated rings. The van der Waals surface area contributed by atoms with E-state index in [4.69, 9.17) is 9.47 Å². The molecule has 1 atom stereocenters. The lowest BCUT2D eigenvalue weighted by molar-refractivity contribution is -0.140. The van der Waals surface area contributed by atoms with Crippen LogP contribution in [-0.4, -0.2) is 72.6 Å². The number of aliphatic hydroxyl groups is 1. The van der Waals surface area contributed by atoms with Crippen molar-refractivity contribution in [1.82, 2.24) is 9.80 Å². The highest BCUT2D eigenvalue weighted by atomic mass is 16.5. The van der Waals surface area contributed by atoms with Crippen LogP contribution in [0, 0.1) is 0 Å². The van der Waals surface area contributed by atoms with Crippen molar-refractivity contribution in [1.29, 1.82) is 0 Å². The van der Waals surface area contributed by atoms with Crippen LogP contribution < -0.4 is 4.74 Å². The monoisotopic (exact) mass is 492 g/mol. The van der Waals surface area contributed by atoms with E-state index in [0.29, 0.717) is 50.1 Å². The number of benzene rings is 2. The summed E-state index contributed by atoms with van der Waals surface area (Å²) in [7, 11) is 0. The molecule has 2 aliphatic rings. The molecular weight excluding hydrogens is 456 g/mol. The quantitative estimate of drug-likeness (QED) is 0.319. The van der Waals surface area contributed by atoms with E-state index in [9.17, 15) is 14.7 Å². The van der Waals surface area contributed by atoms with Crippen molar-refractivity contribution in [3.8, 4) is 5.75 Å². The van der Waals surface area contributed by atoms with Gasteiger partial charge in [0, 0.05) is 31.7 Å². The van der Waals surface area contributed by atoms with E-state index in [1.807, 2.05) is 37.3 Å². The second kappa shape index (κ2) is 11.7. The number of rotatable bonds is 9. The summed E-state index contributed by atoms with van der Waals surface area (Å²) in [6.45, 7) is 10.8. The number of likely N-dealkylation sites (tertiary alicyclic amines) is 1. The molecule has 2 aromatic carbocycles. The first-order valence-corrected chi connectivity index (χ1v) is 12.8. The van der Waals surface area contributed by atoms with E-state index in [1.54, 1.807) is 23.1 Å². The van der Waals surface area contributed by atoms with Gasteiger partial charge in [-0.15, -0.1) is 0 Å². The lowest BCUT2D eigenvalue weighted by Crippen LogP contribution is -2.42. The zero-order valence-corrected chi connectivity index (χ0v) is 21.4. The molecule has 1 N–H and O–H groups in total. The molecule has 192 valence electrons. The molecule has 0 aromatic heterocycles. The third-order valence-corrected chi connectivity index (χ3v) is 6.80. The van der Waals surface area contributed by atoms with Crippen LogP contribution in [0.25, 0.3) is 5.76 Å². The van der Waals surface area contributed by atoms with E-state index in [1.165, 1.54) is 5.56 Å². The summed E-state index contributed by atoms with van der Waals surface area (Å²) in [5.41, 5.74) is 2.55. The summed E-state index contributed by atoms with van der Waals surface area (Å²) >= 11 is 0. The van der Waals surface area contributed by atoms with Gasteiger partial charge in [-0.2, -0.15) is 0 Å². The van der Waals surface area contributed by atoms with Crippen molar-refractivity contribution < 1.29 is 24.2 Å². The van der Waals surface area contributed by atoms with E-state index in [-0.39, 0.29) is 11.3 Å². The van der Waals surface area contributed by atoms with Gasteiger partial charge < -0.3 is 19.5 Å². The first kappa shape index (κ1) is 25.9. The van der Waals surface area contributed by atoms with Crippen molar-refractivity contribution in [3.63, 3.8) is 0 Å². The summed E-state index contributed by atoms with van der Waals surface area (Å²) in [6.07, 6.45) is 0.858. The molecule has 0 spiro atoms. The Hall–Kier alpha value is -3.16. The number of amides is 1. The van der Waals surface area contributed by atoms with Gasteiger partial charge in [-0.25, -0.2) is 0 Å². The second-order valence-electron chi connectivity index (χ2n) is 9.64. The number of ketones is 1. The Balaban J connectivity index is 1.72. The molecule has 36 heavy (non-hydrogen) atoms. The van der Waals surface area contributed by atoms with Crippen LogP contribution in [0.4, 0.5) is 0 Å². The zero-order chi connectivity index (χ0) is 25.7. The van der Waals surface area contributed by atoms with E-state index in [0.717, 1.165) is 25.1 Å². The highest BCUT2D eigenvalue weighted by molar-refractivity contribution is 6.46. The Labute approximate surface area is 213 Å². The molecule has 7 heteroatoms. The second-order valence-corrected chi connectivity index (χ2v) is 9.64. The van der Waals surface area contributed by atoms with Crippen molar-refractivity contribution in [2.75, 3.05) is 46.0 Å². The Morgan fingerprint density at radius 2 is 1.81 bits per heavy atom. The summed E-state index contributed by atoms with van der Waals surface area (Å²) < 4.78 is 11.2. The van der Waals surface area contributed by atoms with Crippen LogP contribution in [0.15, 0.2) is 54.1 Å². The molecular formula is C29H36N2O5. The van der Waals surface area contributed by atoms with Gasteiger partial charge in [0.05, 0.1) is 31.4 Å². The van der Waals surface area contributed by atoms with E-state index >= 15 is 0 Å². The Morgan fingerprint density at radius 3 is 2.47 bits per heavy atom. The average molecular weight is 493 g/mol. The fraction of sp³-hybridized carbons (Fsp3) is 0.448. The topological polar surface area (TPSA) is 79.3 Å². The first-order valence-electron chi connectivity index (χ1n) is 12.8. The minimum atomic E-state index is -0.660. The molecule has 2 aromatic rings. The number of Topliss-reactive ketones (excluding diaryl/α,β-unsaturated/α-hetero) is 1. The molecule has 0 aliphatic carbocycles. The minimum absolute atomic E-state index is 0.118. The maximum Gasteiger partial charge on any atom is 0.295 e. The standard InChI is InChI=1S/C29H36N2O5/c1-4-16-36-24-7-5-6-23(19-24)27(32)25-26(22-10-8-21(9-11-22)20(2)3)31(29(34)28(25)33)13-12-30-14-17-35-18-15-30/h5-11,19-20,26,32H,4,12-18H2,1-3H3. The average Bonchev–Trinajstić information content (AvgIpc) is 3.16. The SMILES string of the molecule is CCCOc1cccc(C(O)=C2C(=O)C(=O)N(CCN3CCOCC3)C2c2ccc(C(C)C)cc2)c1. The smallest absolute Gasteiger partial charge is 0.295 e. The molecule has 4 rings (SSSR count). The number of aliphatic hydroxyl groups excluding tert-OH is 1. The number of carbonyl (C=O) groups is 2. The fourth-order valence-electron chi connectivity index (χ4n) is 4.70. The number of carbonyl (C=O) groups excluding carboxylic acids is 2. The third-order valence-electron chi connectivity index (χ3n) is 6.80. The molecule has 1 unspecified atom stereocenters. The highest BCUT2D eigenvalue weighted by Crippen LogP contribution is 2.40. The summed E-state index contributed by atoms with van der Waals surface area (Å²) in [6, 6.07) is 14.4. The van der Waals surface area contributed by atoms with Gasteiger partial charge in [0.25, 0.3) is 11.7 Å². The van der Waals surface area contributed by atoms with Gasteiger partial charge in [-0.05, 0) is 35.6 Å². The lowest BCUT2D eigenvalue weighted by Gasteiger charge is -2.31. The Morgan fingerprint density at radius 1 is 1.08 bits per heavy atom. The third kappa shape index (κ3) is 5.63. The Bertz CT molecular complexity index is 1100. The minimum Gasteiger partial charge on any atom is -0.507 e. The normalized spacial score (nSPS) is 20.3.